The van der Waals surface area contributed by atoms with Crippen LogP contribution < -0.4 is 11.1 Å². The van der Waals surface area contributed by atoms with Gasteiger partial charge in [0.25, 0.3) is 0 Å². The first-order valence-electron chi connectivity index (χ1n) is 5.90. The zero-order valence-corrected chi connectivity index (χ0v) is 10.9. The largest absolute Gasteiger partial charge is 0.384 e. The molecule has 1 aromatic heterocycles. The first kappa shape index (κ1) is 12.4. The molecule has 0 bridgehead atoms. The highest BCUT2D eigenvalue weighted by molar-refractivity contribution is 5.58. The number of nitrogen functional groups attached to an aromatic ring is 1. The van der Waals surface area contributed by atoms with E-state index in [4.69, 9.17) is 5.73 Å². The molecule has 18 heavy (non-hydrogen) atoms. The summed E-state index contributed by atoms with van der Waals surface area (Å²) in [4.78, 5) is 7.96. The van der Waals surface area contributed by atoms with Crippen LogP contribution in [0.15, 0.2) is 36.7 Å². The molecule has 2 rings (SSSR count). The Bertz CT molecular complexity index is 526. The molecule has 0 unspecified atom stereocenters. The minimum absolute atomic E-state index is 0.165. The van der Waals surface area contributed by atoms with Gasteiger partial charge in [0.05, 0.1) is 0 Å². The lowest BCUT2D eigenvalue weighted by Gasteiger charge is -2.19. The van der Waals surface area contributed by atoms with Crippen molar-refractivity contribution in [3.05, 3.63) is 42.2 Å². The average Bonchev–Trinajstić information content (AvgIpc) is 2.28. The molecule has 4 nitrogen and oxygen atoms in total. The van der Waals surface area contributed by atoms with E-state index in [1.807, 2.05) is 12.1 Å². The molecule has 0 spiro atoms. The lowest BCUT2D eigenvalue weighted by Crippen LogP contribution is -2.10. The number of anilines is 3. The summed E-state index contributed by atoms with van der Waals surface area (Å²) in [6.45, 7) is 6.58. The van der Waals surface area contributed by atoms with Gasteiger partial charge in [-0.1, -0.05) is 32.9 Å². The van der Waals surface area contributed by atoms with Gasteiger partial charge < -0.3 is 11.1 Å². The first-order chi connectivity index (χ1) is 8.45. The van der Waals surface area contributed by atoms with Crippen molar-refractivity contribution in [2.45, 2.75) is 26.2 Å². The summed E-state index contributed by atoms with van der Waals surface area (Å²) in [6.07, 6.45) is 1.45. The maximum absolute atomic E-state index is 5.60. The van der Waals surface area contributed by atoms with Crippen molar-refractivity contribution in [3.63, 3.8) is 0 Å². The second-order valence-electron chi connectivity index (χ2n) is 5.28. The Kier molecular flexibility index (Phi) is 3.19. The smallest absolute Gasteiger partial charge is 0.135 e. The van der Waals surface area contributed by atoms with Gasteiger partial charge in [-0.05, 0) is 23.1 Å². The molecule has 0 saturated heterocycles. The van der Waals surface area contributed by atoms with Crippen LogP contribution in [0.5, 0.6) is 0 Å². The SMILES string of the molecule is CC(C)(C)c1ccc(Nc2cc(N)ncn2)cc1. The van der Waals surface area contributed by atoms with Crippen LogP contribution in [-0.4, -0.2) is 9.97 Å². The van der Waals surface area contributed by atoms with Gasteiger partial charge in [0.15, 0.2) is 0 Å². The molecule has 4 heteroatoms. The molecule has 0 amide bonds. The van der Waals surface area contributed by atoms with Gasteiger partial charge in [0.2, 0.25) is 0 Å². The molecule has 1 heterocycles. The minimum atomic E-state index is 0.165. The van der Waals surface area contributed by atoms with E-state index in [9.17, 15) is 0 Å². The van der Waals surface area contributed by atoms with Crippen LogP contribution in [0.1, 0.15) is 26.3 Å². The van der Waals surface area contributed by atoms with Crippen LogP contribution in [0.4, 0.5) is 17.3 Å². The summed E-state index contributed by atoms with van der Waals surface area (Å²) < 4.78 is 0. The number of hydrogen-bond acceptors (Lipinski definition) is 4. The number of aromatic nitrogens is 2. The highest BCUT2D eigenvalue weighted by atomic mass is 15.0. The van der Waals surface area contributed by atoms with Gasteiger partial charge in [0.1, 0.15) is 18.0 Å². The monoisotopic (exact) mass is 242 g/mol. The van der Waals surface area contributed by atoms with Gasteiger partial charge >= 0.3 is 0 Å². The molecule has 3 N–H and O–H groups in total. The third kappa shape index (κ3) is 2.97. The Hall–Kier alpha value is -2.10. The Morgan fingerprint density at radius 2 is 1.72 bits per heavy atom. The Balaban J connectivity index is 2.16. The van der Waals surface area contributed by atoms with Crippen molar-refractivity contribution in [2.75, 3.05) is 11.1 Å². The predicted octanol–water partition coefficient (Wildman–Crippen LogP) is 3.10. The molecule has 2 aromatic rings. The van der Waals surface area contributed by atoms with Gasteiger partial charge in [-0.2, -0.15) is 0 Å². The number of nitrogens with one attached hydrogen (secondary N) is 1. The number of nitrogens with zero attached hydrogens (tertiary/aromatic N) is 2. The summed E-state index contributed by atoms with van der Waals surface area (Å²) in [6, 6.07) is 10.0. The second-order valence-corrected chi connectivity index (χ2v) is 5.28. The molecular formula is C14H18N4. The number of benzene rings is 1. The van der Waals surface area contributed by atoms with E-state index in [1.165, 1.54) is 11.9 Å². The van der Waals surface area contributed by atoms with Gasteiger partial charge in [-0.15, -0.1) is 0 Å². The van der Waals surface area contributed by atoms with Crippen LogP contribution in [-0.2, 0) is 5.41 Å². The fraction of sp³-hybridized carbons (Fsp3) is 0.286. The average molecular weight is 242 g/mol. The van der Waals surface area contributed by atoms with Crippen LogP contribution in [0, 0.1) is 0 Å². The molecule has 0 radical (unpaired) electrons. The molecule has 0 fully saturated rings. The molecule has 0 saturated carbocycles. The fourth-order valence-electron chi connectivity index (χ4n) is 1.64. The quantitative estimate of drug-likeness (QED) is 0.849. The minimum Gasteiger partial charge on any atom is -0.384 e. The van der Waals surface area contributed by atoms with Gasteiger partial charge in [-0.3, -0.25) is 0 Å². The standard InChI is InChI=1S/C14H18N4/c1-14(2,3)10-4-6-11(7-5-10)18-13-8-12(15)16-9-17-13/h4-9H,1-3H3,(H3,15,16,17,18). The van der Waals surface area contributed by atoms with Crippen molar-refractivity contribution in [1.29, 1.82) is 0 Å². The molecule has 0 aliphatic rings. The molecule has 0 aliphatic heterocycles. The third-order valence-electron chi connectivity index (χ3n) is 2.71. The van der Waals surface area contributed by atoms with E-state index in [-0.39, 0.29) is 5.41 Å². The number of nitrogens with two attached hydrogens (primary N) is 1. The summed E-state index contributed by atoms with van der Waals surface area (Å²) in [5.74, 6) is 1.16. The topological polar surface area (TPSA) is 63.8 Å². The number of hydrogen-bond donors (Lipinski definition) is 2. The zero-order chi connectivity index (χ0) is 13.2. The first-order valence-corrected chi connectivity index (χ1v) is 5.90. The highest BCUT2D eigenvalue weighted by Gasteiger charge is 2.12. The molecule has 1 aromatic carbocycles. The summed E-state index contributed by atoms with van der Waals surface area (Å²) >= 11 is 0. The molecular weight excluding hydrogens is 224 g/mol. The van der Waals surface area contributed by atoms with E-state index < -0.39 is 0 Å². The van der Waals surface area contributed by atoms with Crippen molar-refractivity contribution in [1.82, 2.24) is 9.97 Å². The van der Waals surface area contributed by atoms with E-state index in [0.717, 1.165) is 5.69 Å². The van der Waals surface area contributed by atoms with Gasteiger partial charge in [0, 0.05) is 11.8 Å². The lowest BCUT2D eigenvalue weighted by molar-refractivity contribution is 0.590. The Labute approximate surface area is 107 Å². The third-order valence-corrected chi connectivity index (χ3v) is 2.71. The van der Waals surface area contributed by atoms with Crippen molar-refractivity contribution in [2.24, 2.45) is 0 Å². The van der Waals surface area contributed by atoms with E-state index in [2.05, 4.69) is 48.2 Å². The maximum atomic E-state index is 5.60. The zero-order valence-electron chi connectivity index (χ0n) is 10.9. The van der Waals surface area contributed by atoms with Crippen LogP contribution in [0.25, 0.3) is 0 Å². The number of rotatable bonds is 2. The Morgan fingerprint density at radius 3 is 2.28 bits per heavy atom. The van der Waals surface area contributed by atoms with Crippen molar-refractivity contribution >= 4 is 17.3 Å². The van der Waals surface area contributed by atoms with Gasteiger partial charge in [-0.25, -0.2) is 9.97 Å². The fourth-order valence-corrected chi connectivity index (χ4v) is 1.64. The van der Waals surface area contributed by atoms with Crippen LogP contribution in [0.2, 0.25) is 0 Å². The second kappa shape index (κ2) is 4.64. The lowest BCUT2D eigenvalue weighted by atomic mass is 9.87. The van der Waals surface area contributed by atoms with Crippen molar-refractivity contribution in [3.8, 4) is 0 Å². The normalized spacial score (nSPS) is 11.3. The molecule has 0 atom stereocenters. The van der Waals surface area contributed by atoms with Crippen LogP contribution in [0.3, 0.4) is 0 Å². The molecule has 94 valence electrons. The Morgan fingerprint density at radius 1 is 1.06 bits per heavy atom. The molecule has 0 aliphatic carbocycles. The summed E-state index contributed by atoms with van der Waals surface area (Å²) in [5, 5.41) is 3.19. The summed E-state index contributed by atoms with van der Waals surface area (Å²) in [5.41, 5.74) is 8.06. The maximum Gasteiger partial charge on any atom is 0.135 e. The van der Waals surface area contributed by atoms with Crippen LogP contribution >= 0.6 is 0 Å². The van der Waals surface area contributed by atoms with E-state index in [0.29, 0.717) is 11.6 Å². The van der Waals surface area contributed by atoms with E-state index in [1.54, 1.807) is 6.07 Å². The van der Waals surface area contributed by atoms with Crippen molar-refractivity contribution < 1.29 is 0 Å². The highest BCUT2D eigenvalue weighted by Crippen LogP contribution is 2.24. The van der Waals surface area contributed by atoms with E-state index >= 15 is 0 Å². The predicted molar refractivity (Wildman–Crippen MR) is 74.9 cm³/mol. The summed E-state index contributed by atoms with van der Waals surface area (Å²) in [7, 11) is 0.